The van der Waals surface area contributed by atoms with Crippen LogP contribution in [0.15, 0.2) is 23.3 Å². The van der Waals surface area contributed by atoms with E-state index in [1.807, 2.05) is 0 Å². The molecule has 0 saturated heterocycles. The van der Waals surface area contributed by atoms with Gasteiger partial charge in [0.05, 0.1) is 11.1 Å². The molecule has 6 rings (SSSR count). The lowest BCUT2D eigenvalue weighted by Gasteiger charge is -2.32. The van der Waals surface area contributed by atoms with Gasteiger partial charge in [-0.3, -0.25) is 0 Å². The van der Waals surface area contributed by atoms with Crippen molar-refractivity contribution in [2.45, 2.75) is 0 Å². The van der Waals surface area contributed by atoms with Crippen molar-refractivity contribution in [2.24, 2.45) is 47.3 Å². The third kappa shape index (κ3) is 0.646. The van der Waals surface area contributed by atoms with Gasteiger partial charge in [-0.2, -0.15) is 0 Å². The number of hydrogen-bond donors (Lipinski definition) is 2. The molecule has 0 aromatic rings. The van der Waals surface area contributed by atoms with Crippen LogP contribution in [-0.2, 0) is 9.59 Å². The maximum atomic E-state index is 11.4. The van der Waals surface area contributed by atoms with E-state index in [2.05, 4.69) is 12.2 Å². The molecule has 4 fully saturated rings. The number of rotatable bonds is 2. The molecule has 0 spiro atoms. The number of aliphatic carboxylic acids is 2. The molecule has 18 heavy (non-hydrogen) atoms. The third-order valence-corrected chi connectivity index (χ3v) is 6.30. The van der Waals surface area contributed by atoms with Crippen LogP contribution < -0.4 is 0 Å². The van der Waals surface area contributed by atoms with Gasteiger partial charge in [0.25, 0.3) is 0 Å². The molecule has 6 atom stereocenters. The Morgan fingerprint density at radius 1 is 0.778 bits per heavy atom. The van der Waals surface area contributed by atoms with Crippen molar-refractivity contribution in [3.8, 4) is 0 Å². The first kappa shape index (κ1) is 9.36. The van der Waals surface area contributed by atoms with Crippen molar-refractivity contribution in [1.29, 1.82) is 0 Å². The molecule has 0 aliphatic heterocycles. The molecule has 6 aliphatic rings. The minimum Gasteiger partial charge on any atom is -0.478 e. The smallest absolute Gasteiger partial charge is 0.332 e. The zero-order valence-electron chi connectivity index (χ0n) is 9.48. The van der Waals surface area contributed by atoms with Crippen LogP contribution in [0.2, 0.25) is 0 Å². The van der Waals surface area contributed by atoms with Gasteiger partial charge in [0.1, 0.15) is 0 Å². The van der Waals surface area contributed by atoms with Gasteiger partial charge < -0.3 is 10.2 Å². The zero-order valence-corrected chi connectivity index (χ0v) is 9.48. The van der Waals surface area contributed by atoms with E-state index in [4.69, 9.17) is 0 Å². The van der Waals surface area contributed by atoms with E-state index in [0.717, 1.165) is 0 Å². The summed E-state index contributed by atoms with van der Waals surface area (Å²) < 4.78 is 0. The normalized spacial score (nSPS) is 56.2. The fourth-order valence-electron chi connectivity index (χ4n) is 6.38. The predicted octanol–water partition coefficient (Wildman–Crippen LogP) is 1.01. The monoisotopic (exact) mass is 244 g/mol. The molecule has 0 aromatic carbocycles. The Kier molecular flexibility index (Phi) is 1.26. The largest absolute Gasteiger partial charge is 0.478 e. The van der Waals surface area contributed by atoms with Crippen LogP contribution in [0.25, 0.3) is 0 Å². The molecule has 0 aromatic heterocycles. The molecular formula is C14H12O4. The number of carboxylic acid groups (broad SMARTS) is 2. The fourth-order valence-corrected chi connectivity index (χ4v) is 6.38. The van der Waals surface area contributed by atoms with E-state index >= 15 is 0 Å². The average molecular weight is 244 g/mol. The van der Waals surface area contributed by atoms with E-state index in [1.54, 1.807) is 0 Å². The molecule has 0 heterocycles. The molecule has 6 aliphatic carbocycles. The summed E-state index contributed by atoms with van der Waals surface area (Å²) in [7, 11) is 0. The summed E-state index contributed by atoms with van der Waals surface area (Å²) in [5.41, 5.74) is 0.472. The second kappa shape index (κ2) is 2.42. The molecule has 4 nitrogen and oxygen atoms in total. The lowest BCUT2D eigenvalue weighted by molar-refractivity contribution is -0.137. The Bertz CT molecular complexity index is 539. The first-order valence-corrected chi connectivity index (χ1v) is 6.52. The summed E-state index contributed by atoms with van der Waals surface area (Å²) in [6.07, 6.45) is 4.51. The van der Waals surface area contributed by atoms with Gasteiger partial charge in [0, 0.05) is 0 Å². The summed E-state index contributed by atoms with van der Waals surface area (Å²) in [5, 5.41) is 18.7. The van der Waals surface area contributed by atoms with Gasteiger partial charge in [-0.25, -0.2) is 9.59 Å². The van der Waals surface area contributed by atoms with E-state index < -0.39 is 11.9 Å². The Hall–Kier alpha value is -1.58. The molecule has 92 valence electrons. The second-order valence-electron chi connectivity index (χ2n) is 6.34. The van der Waals surface area contributed by atoms with Crippen LogP contribution in [0.5, 0.6) is 0 Å². The molecule has 4 heteroatoms. The zero-order chi connectivity index (χ0) is 12.3. The van der Waals surface area contributed by atoms with E-state index in [1.165, 1.54) is 0 Å². The summed E-state index contributed by atoms with van der Waals surface area (Å²) in [5.74, 6) is 0.824. The van der Waals surface area contributed by atoms with Crippen LogP contribution in [0.4, 0.5) is 0 Å². The Balaban J connectivity index is 1.75. The molecule has 0 amide bonds. The van der Waals surface area contributed by atoms with Crippen LogP contribution in [0.3, 0.4) is 0 Å². The number of allylic oxidation sites excluding steroid dienone is 2. The fraction of sp³-hybridized carbons (Fsp3) is 0.571. The maximum Gasteiger partial charge on any atom is 0.332 e. The van der Waals surface area contributed by atoms with E-state index in [-0.39, 0.29) is 23.0 Å². The van der Waals surface area contributed by atoms with E-state index in [0.29, 0.717) is 35.5 Å². The second-order valence-corrected chi connectivity index (χ2v) is 6.34. The molecule has 4 saturated carbocycles. The van der Waals surface area contributed by atoms with Gasteiger partial charge in [-0.1, -0.05) is 12.2 Å². The molecule has 8 bridgehead atoms. The number of hydrogen-bond acceptors (Lipinski definition) is 2. The Morgan fingerprint density at radius 3 is 1.61 bits per heavy atom. The van der Waals surface area contributed by atoms with Gasteiger partial charge in [-0.05, 0) is 47.3 Å². The highest BCUT2D eigenvalue weighted by molar-refractivity contribution is 6.02. The highest BCUT2D eigenvalue weighted by Crippen LogP contribution is 2.81. The van der Waals surface area contributed by atoms with Crippen molar-refractivity contribution in [2.75, 3.05) is 0 Å². The maximum absolute atomic E-state index is 11.4. The highest BCUT2D eigenvalue weighted by atomic mass is 16.4. The first-order chi connectivity index (χ1) is 8.63. The third-order valence-electron chi connectivity index (χ3n) is 6.30. The van der Waals surface area contributed by atoms with Crippen LogP contribution >= 0.6 is 0 Å². The molecular weight excluding hydrogens is 232 g/mol. The number of carboxylic acids is 2. The lowest BCUT2D eigenvalue weighted by Crippen LogP contribution is -2.32. The Morgan fingerprint density at radius 2 is 1.22 bits per heavy atom. The topological polar surface area (TPSA) is 74.6 Å². The molecule has 0 unspecified atom stereocenters. The summed E-state index contributed by atoms with van der Waals surface area (Å²) >= 11 is 0. The SMILES string of the molecule is O=C(O)C1=C(C(=O)O)[C@H]2C3C4[C@@H]5C=C[C@@H]4[C@@H]2[C@@H]5[C@@H]13. The Labute approximate surface area is 103 Å². The van der Waals surface area contributed by atoms with Crippen molar-refractivity contribution < 1.29 is 19.8 Å². The minimum atomic E-state index is -1.00. The van der Waals surface area contributed by atoms with Gasteiger partial charge in [0.15, 0.2) is 0 Å². The molecule has 2 N–H and O–H groups in total. The van der Waals surface area contributed by atoms with Gasteiger partial charge >= 0.3 is 11.9 Å². The van der Waals surface area contributed by atoms with Crippen molar-refractivity contribution in [3.05, 3.63) is 23.3 Å². The van der Waals surface area contributed by atoms with Crippen molar-refractivity contribution in [1.82, 2.24) is 0 Å². The summed E-state index contributed by atoms with van der Waals surface area (Å²) in [4.78, 5) is 22.8. The highest BCUT2D eigenvalue weighted by Gasteiger charge is 2.79. The quantitative estimate of drug-likeness (QED) is 0.711. The number of carbonyl (C=O) groups is 2. The van der Waals surface area contributed by atoms with Crippen molar-refractivity contribution in [3.63, 3.8) is 0 Å². The van der Waals surface area contributed by atoms with Gasteiger partial charge in [0.2, 0.25) is 0 Å². The van der Waals surface area contributed by atoms with E-state index in [9.17, 15) is 19.8 Å². The van der Waals surface area contributed by atoms with Crippen molar-refractivity contribution >= 4 is 11.9 Å². The average Bonchev–Trinajstić information content (AvgIpc) is 3.07. The van der Waals surface area contributed by atoms with Gasteiger partial charge in [-0.15, -0.1) is 0 Å². The standard InChI is InChI=1S/C14H12O4/c15-13(16)11-9-6-3-1-2-4-5(3)8(9)10(7(4)6)12(11)14(17)18/h1-10H,(H,15,16)(H,17,18)/t3-,4-,5?,6+,7+,8?,9+,10+/m0/s1. The minimum absolute atomic E-state index is 0.0276. The lowest BCUT2D eigenvalue weighted by atomic mass is 9.71. The molecule has 0 radical (unpaired) electrons. The first-order valence-electron chi connectivity index (χ1n) is 6.52. The summed E-state index contributed by atoms with van der Waals surface area (Å²) in [6.45, 7) is 0. The van der Waals surface area contributed by atoms with Crippen LogP contribution in [0.1, 0.15) is 0 Å². The van der Waals surface area contributed by atoms with Crippen LogP contribution in [0, 0.1) is 47.3 Å². The summed E-state index contributed by atoms with van der Waals surface area (Å²) in [6, 6.07) is 0. The van der Waals surface area contributed by atoms with Crippen LogP contribution in [-0.4, -0.2) is 22.2 Å². The predicted molar refractivity (Wildman–Crippen MR) is 59.4 cm³/mol.